The highest BCUT2D eigenvalue weighted by Crippen LogP contribution is 2.20. The third-order valence-corrected chi connectivity index (χ3v) is 5.88. The molecule has 0 amide bonds. The van der Waals surface area contributed by atoms with Crippen molar-refractivity contribution in [2.24, 2.45) is 0 Å². The summed E-state index contributed by atoms with van der Waals surface area (Å²) in [5, 5.41) is 4.80. The van der Waals surface area contributed by atoms with Gasteiger partial charge in [0, 0.05) is 55.8 Å². The quantitative estimate of drug-likeness (QED) is 0.498. The van der Waals surface area contributed by atoms with Crippen LogP contribution < -0.4 is 0 Å². The first-order chi connectivity index (χ1) is 15.2. The number of aromatic nitrogens is 2. The summed E-state index contributed by atoms with van der Waals surface area (Å²) in [5.41, 5.74) is 2.17. The van der Waals surface area contributed by atoms with Crippen molar-refractivity contribution in [1.29, 1.82) is 0 Å². The Morgan fingerprint density at radius 1 is 1.10 bits per heavy atom. The fourth-order valence-corrected chi connectivity index (χ4v) is 4.08. The molecule has 6 nitrogen and oxygen atoms in total. The molecule has 1 atom stereocenters. The minimum Gasteiger partial charge on any atom is -0.379 e. The molecule has 164 valence electrons. The number of halogens is 1. The van der Waals surface area contributed by atoms with Gasteiger partial charge in [-0.05, 0) is 24.6 Å². The molecule has 0 N–H and O–H groups in total. The van der Waals surface area contributed by atoms with Gasteiger partial charge >= 0.3 is 0 Å². The average molecular weight is 441 g/mol. The van der Waals surface area contributed by atoms with Crippen molar-refractivity contribution in [3.05, 3.63) is 71.1 Å². The van der Waals surface area contributed by atoms with E-state index in [0.717, 1.165) is 51.5 Å². The maximum Gasteiger partial charge on any atom is 0.228 e. The fraction of sp³-hybridized carbons (Fsp3) is 0.417. The molecular weight excluding hydrogens is 412 g/mol. The average Bonchev–Trinajstić information content (AvgIpc) is 3.27. The number of ether oxygens (including phenoxy) is 1. The maximum atomic E-state index is 6.09. The lowest BCUT2D eigenvalue weighted by Gasteiger charge is -2.35. The standard InChI is InChI=1S/C24H29ClN4O2/c1-19(17-28-12-14-30-15-13-28)29(18-20-6-3-2-4-7-20)11-10-23-26-24(27-31-23)21-8-5-9-22(25)16-21/h2-9,16,19H,10-15,17-18H2,1H3. The first kappa shape index (κ1) is 22.0. The summed E-state index contributed by atoms with van der Waals surface area (Å²) in [6.07, 6.45) is 0.702. The molecule has 3 aromatic rings. The van der Waals surface area contributed by atoms with Gasteiger partial charge < -0.3 is 9.26 Å². The molecule has 1 unspecified atom stereocenters. The minimum atomic E-state index is 0.397. The van der Waals surface area contributed by atoms with Gasteiger partial charge in [-0.2, -0.15) is 4.98 Å². The van der Waals surface area contributed by atoms with Crippen molar-refractivity contribution in [3.63, 3.8) is 0 Å². The number of hydrogen-bond donors (Lipinski definition) is 0. The van der Waals surface area contributed by atoms with Crippen molar-refractivity contribution in [3.8, 4) is 11.4 Å². The maximum absolute atomic E-state index is 6.09. The molecule has 0 spiro atoms. The van der Waals surface area contributed by atoms with E-state index in [4.69, 9.17) is 20.9 Å². The summed E-state index contributed by atoms with van der Waals surface area (Å²) in [6.45, 7) is 8.68. The number of hydrogen-bond acceptors (Lipinski definition) is 6. The molecule has 0 bridgehead atoms. The second-order valence-corrected chi connectivity index (χ2v) is 8.43. The van der Waals surface area contributed by atoms with E-state index >= 15 is 0 Å². The molecule has 1 saturated heterocycles. The van der Waals surface area contributed by atoms with Crippen LogP contribution in [0.3, 0.4) is 0 Å². The normalized spacial score (nSPS) is 16.0. The number of rotatable bonds is 9. The summed E-state index contributed by atoms with van der Waals surface area (Å²) >= 11 is 6.09. The molecule has 0 saturated carbocycles. The highest BCUT2D eigenvalue weighted by Gasteiger charge is 2.20. The van der Waals surface area contributed by atoms with Crippen LogP contribution in [0.2, 0.25) is 5.02 Å². The molecule has 4 rings (SSSR count). The molecule has 2 aromatic carbocycles. The van der Waals surface area contributed by atoms with Crippen molar-refractivity contribution in [2.45, 2.75) is 25.9 Å². The number of nitrogens with zero attached hydrogens (tertiary/aromatic N) is 4. The van der Waals surface area contributed by atoms with Crippen LogP contribution in [-0.2, 0) is 17.7 Å². The lowest BCUT2D eigenvalue weighted by atomic mass is 10.1. The molecule has 0 radical (unpaired) electrons. The number of benzene rings is 2. The third kappa shape index (κ3) is 6.37. The van der Waals surface area contributed by atoms with Gasteiger partial charge in [0.15, 0.2) is 0 Å². The number of morpholine rings is 1. The molecule has 7 heteroatoms. The van der Waals surface area contributed by atoms with Crippen molar-refractivity contribution in [1.82, 2.24) is 19.9 Å². The van der Waals surface area contributed by atoms with Gasteiger partial charge in [0.2, 0.25) is 11.7 Å². The second kappa shape index (κ2) is 10.9. The summed E-state index contributed by atoms with van der Waals surface area (Å²) in [5.74, 6) is 1.22. The lowest BCUT2D eigenvalue weighted by molar-refractivity contribution is 0.0235. The highest BCUT2D eigenvalue weighted by molar-refractivity contribution is 6.30. The smallest absolute Gasteiger partial charge is 0.228 e. The Bertz CT molecular complexity index is 944. The molecular formula is C24H29ClN4O2. The molecule has 31 heavy (non-hydrogen) atoms. The van der Waals surface area contributed by atoms with Crippen molar-refractivity contribution < 1.29 is 9.26 Å². The van der Waals surface area contributed by atoms with Gasteiger partial charge in [-0.25, -0.2) is 0 Å². The Hall–Kier alpha value is -2.25. The second-order valence-electron chi connectivity index (χ2n) is 7.99. The van der Waals surface area contributed by atoms with Crippen LogP contribution in [-0.4, -0.2) is 65.4 Å². The van der Waals surface area contributed by atoms with Crippen LogP contribution in [0.25, 0.3) is 11.4 Å². The molecule has 1 aromatic heterocycles. The Labute approximate surface area is 188 Å². The third-order valence-electron chi connectivity index (χ3n) is 5.64. The van der Waals surface area contributed by atoms with Gasteiger partial charge in [-0.3, -0.25) is 9.80 Å². The first-order valence-electron chi connectivity index (χ1n) is 10.8. The van der Waals surface area contributed by atoms with Gasteiger partial charge in [0.1, 0.15) is 0 Å². The van der Waals surface area contributed by atoms with E-state index in [1.165, 1.54) is 5.56 Å². The van der Waals surface area contributed by atoms with E-state index in [1.54, 1.807) is 0 Å². The zero-order valence-corrected chi connectivity index (χ0v) is 18.7. The largest absolute Gasteiger partial charge is 0.379 e. The summed E-state index contributed by atoms with van der Waals surface area (Å²) in [6, 6.07) is 18.5. The van der Waals surface area contributed by atoms with E-state index in [0.29, 0.717) is 29.2 Å². The predicted molar refractivity (Wildman–Crippen MR) is 122 cm³/mol. The Morgan fingerprint density at radius 2 is 1.90 bits per heavy atom. The van der Waals surface area contributed by atoms with E-state index in [-0.39, 0.29) is 0 Å². The summed E-state index contributed by atoms with van der Waals surface area (Å²) in [4.78, 5) is 9.56. The van der Waals surface area contributed by atoms with Crippen LogP contribution in [0, 0.1) is 0 Å². The fourth-order valence-electron chi connectivity index (χ4n) is 3.89. The van der Waals surface area contributed by atoms with Gasteiger partial charge in [0.05, 0.1) is 13.2 Å². The molecule has 0 aliphatic carbocycles. The lowest BCUT2D eigenvalue weighted by Crippen LogP contribution is -2.46. The zero-order chi connectivity index (χ0) is 21.5. The zero-order valence-electron chi connectivity index (χ0n) is 17.9. The Balaban J connectivity index is 1.41. The summed E-state index contributed by atoms with van der Waals surface area (Å²) in [7, 11) is 0. The van der Waals surface area contributed by atoms with Gasteiger partial charge in [0.25, 0.3) is 0 Å². The first-order valence-corrected chi connectivity index (χ1v) is 11.2. The van der Waals surface area contributed by atoms with Crippen molar-refractivity contribution in [2.75, 3.05) is 39.4 Å². The minimum absolute atomic E-state index is 0.397. The van der Waals surface area contributed by atoms with Crippen molar-refractivity contribution >= 4 is 11.6 Å². The van der Waals surface area contributed by atoms with Crippen LogP contribution in [0.15, 0.2) is 59.1 Å². The Morgan fingerprint density at radius 3 is 2.68 bits per heavy atom. The molecule has 1 aliphatic heterocycles. The molecule has 2 heterocycles. The van der Waals surface area contributed by atoms with Crippen LogP contribution in [0.5, 0.6) is 0 Å². The van der Waals surface area contributed by atoms with Gasteiger partial charge in [-0.15, -0.1) is 0 Å². The topological polar surface area (TPSA) is 54.6 Å². The van der Waals surface area contributed by atoms with Crippen LogP contribution in [0.1, 0.15) is 18.4 Å². The van der Waals surface area contributed by atoms with E-state index < -0.39 is 0 Å². The molecule has 1 aliphatic rings. The highest BCUT2D eigenvalue weighted by atomic mass is 35.5. The van der Waals surface area contributed by atoms with E-state index in [9.17, 15) is 0 Å². The van der Waals surface area contributed by atoms with Crippen LogP contribution >= 0.6 is 11.6 Å². The monoisotopic (exact) mass is 440 g/mol. The SMILES string of the molecule is CC(CN1CCOCC1)N(CCc1nc(-c2cccc(Cl)c2)no1)Cc1ccccc1. The Kier molecular flexibility index (Phi) is 7.70. The van der Waals surface area contributed by atoms with Gasteiger partial charge in [-0.1, -0.05) is 59.2 Å². The summed E-state index contributed by atoms with van der Waals surface area (Å²) < 4.78 is 11.0. The van der Waals surface area contributed by atoms with E-state index in [2.05, 4.69) is 57.2 Å². The molecule has 1 fully saturated rings. The van der Waals surface area contributed by atoms with E-state index in [1.807, 2.05) is 24.3 Å². The van der Waals surface area contributed by atoms with Crippen LogP contribution in [0.4, 0.5) is 0 Å². The predicted octanol–water partition coefficient (Wildman–Crippen LogP) is 4.16.